The van der Waals surface area contributed by atoms with Crippen LogP contribution in [0.3, 0.4) is 0 Å². The quantitative estimate of drug-likeness (QED) is 0.713. The zero-order chi connectivity index (χ0) is 12.9. The molecule has 0 spiro atoms. The molecular formula is C17H24O2. The molecule has 3 rings (SSSR count). The predicted molar refractivity (Wildman–Crippen MR) is 76.7 cm³/mol. The molecule has 0 fully saturated rings. The van der Waals surface area contributed by atoms with E-state index in [1.165, 1.54) is 24.8 Å². The zero-order valence-corrected chi connectivity index (χ0v) is 11.7. The van der Waals surface area contributed by atoms with Crippen molar-refractivity contribution in [1.82, 2.24) is 0 Å². The van der Waals surface area contributed by atoms with Crippen molar-refractivity contribution in [2.75, 3.05) is 26.4 Å². The Kier molecular flexibility index (Phi) is 4.52. The van der Waals surface area contributed by atoms with Gasteiger partial charge in [0.15, 0.2) is 0 Å². The van der Waals surface area contributed by atoms with Crippen molar-refractivity contribution in [3.63, 3.8) is 0 Å². The van der Waals surface area contributed by atoms with Gasteiger partial charge in [0.25, 0.3) is 0 Å². The van der Waals surface area contributed by atoms with Crippen LogP contribution >= 0.6 is 0 Å². The van der Waals surface area contributed by atoms with E-state index in [-0.39, 0.29) is 0 Å². The fraction of sp³-hybridized carbons (Fsp3) is 0.647. The van der Waals surface area contributed by atoms with E-state index in [1.54, 1.807) is 16.7 Å². The van der Waals surface area contributed by atoms with E-state index in [9.17, 15) is 0 Å². The highest BCUT2D eigenvalue weighted by Crippen LogP contribution is 2.24. The summed E-state index contributed by atoms with van der Waals surface area (Å²) in [6, 6.07) is 4.95. The van der Waals surface area contributed by atoms with Gasteiger partial charge in [0.1, 0.15) is 0 Å². The second-order valence-corrected chi connectivity index (χ2v) is 5.68. The third kappa shape index (κ3) is 3.37. The lowest BCUT2D eigenvalue weighted by atomic mass is 9.90. The maximum atomic E-state index is 5.63. The Labute approximate surface area is 116 Å². The maximum absolute atomic E-state index is 5.63. The molecule has 2 heteroatoms. The number of aryl methyl sites for hydroxylation is 3. The van der Waals surface area contributed by atoms with E-state index < -0.39 is 0 Å². The minimum absolute atomic E-state index is 0.884. The first-order valence-electron chi connectivity index (χ1n) is 7.72. The molecular weight excluding hydrogens is 236 g/mol. The Morgan fingerprint density at radius 1 is 0.526 bits per heavy atom. The molecule has 0 aliphatic carbocycles. The van der Waals surface area contributed by atoms with Crippen molar-refractivity contribution in [3.05, 3.63) is 34.4 Å². The highest BCUT2D eigenvalue weighted by Gasteiger charge is 2.13. The first-order chi connectivity index (χ1) is 9.43. The van der Waals surface area contributed by atoms with Crippen LogP contribution in [0.25, 0.3) is 0 Å². The lowest BCUT2D eigenvalue weighted by molar-refractivity contribution is 0.131. The Bertz CT molecular complexity index is 387. The Morgan fingerprint density at radius 3 is 1.47 bits per heavy atom. The van der Waals surface area contributed by atoms with Crippen LogP contribution in [0.2, 0.25) is 0 Å². The Hall–Kier alpha value is -0.860. The summed E-state index contributed by atoms with van der Waals surface area (Å²) in [6.07, 6.45) is 8.09. The molecule has 0 aromatic heterocycles. The van der Waals surface area contributed by atoms with E-state index in [4.69, 9.17) is 9.47 Å². The summed E-state index contributed by atoms with van der Waals surface area (Å²) < 4.78 is 11.3. The van der Waals surface area contributed by atoms with Gasteiger partial charge in [0, 0.05) is 19.8 Å². The molecule has 2 aliphatic rings. The third-order valence-electron chi connectivity index (χ3n) is 4.24. The van der Waals surface area contributed by atoms with Gasteiger partial charge in [-0.25, -0.2) is 0 Å². The molecule has 0 saturated carbocycles. The lowest BCUT2D eigenvalue weighted by Crippen LogP contribution is -2.10. The van der Waals surface area contributed by atoms with Crippen LogP contribution in [0.1, 0.15) is 41.5 Å². The lowest BCUT2D eigenvalue weighted by Gasteiger charge is -2.18. The van der Waals surface area contributed by atoms with Crippen LogP contribution < -0.4 is 0 Å². The van der Waals surface area contributed by atoms with Crippen molar-refractivity contribution in [1.29, 1.82) is 0 Å². The first kappa shape index (κ1) is 13.1. The third-order valence-corrected chi connectivity index (χ3v) is 4.24. The summed E-state index contributed by atoms with van der Waals surface area (Å²) in [5.74, 6) is 0. The number of fused-ring (bicyclic) bond motifs is 2. The molecule has 1 aromatic carbocycles. The largest absolute Gasteiger partial charge is 0.381 e. The second-order valence-electron chi connectivity index (χ2n) is 5.68. The number of hydrogen-bond acceptors (Lipinski definition) is 2. The van der Waals surface area contributed by atoms with Gasteiger partial charge in [-0.05, 0) is 67.2 Å². The summed E-state index contributed by atoms with van der Waals surface area (Å²) in [4.78, 5) is 0. The molecule has 1 aromatic rings. The van der Waals surface area contributed by atoms with E-state index in [0.29, 0.717) is 0 Å². The van der Waals surface area contributed by atoms with E-state index in [0.717, 1.165) is 52.1 Å². The van der Waals surface area contributed by atoms with Gasteiger partial charge in [-0.1, -0.05) is 12.1 Å². The average Bonchev–Trinajstić information content (AvgIpc) is 2.50. The van der Waals surface area contributed by atoms with Crippen molar-refractivity contribution in [3.8, 4) is 0 Å². The molecule has 2 aliphatic heterocycles. The number of hydrogen-bond donors (Lipinski definition) is 0. The molecule has 2 heterocycles. The van der Waals surface area contributed by atoms with Crippen LogP contribution in [0.5, 0.6) is 0 Å². The summed E-state index contributed by atoms with van der Waals surface area (Å²) in [5, 5.41) is 0. The molecule has 104 valence electrons. The molecule has 19 heavy (non-hydrogen) atoms. The smallest absolute Gasteiger partial charge is 0.0506 e. The zero-order valence-electron chi connectivity index (χ0n) is 11.7. The fourth-order valence-corrected chi connectivity index (χ4v) is 3.20. The minimum atomic E-state index is 0.884. The van der Waals surface area contributed by atoms with E-state index in [2.05, 4.69) is 12.1 Å². The Morgan fingerprint density at radius 2 is 0.947 bits per heavy atom. The summed E-state index contributed by atoms with van der Waals surface area (Å²) in [6.45, 7) is 3.64. The van der Waals surface area contributed by atoms with Crippen LogP contribution in [0, 0.1) is 0 Å². The number of rotatable bonds is 0. The summed E-state index contributed by atoms with van der Waals surface area (Å²) >= 11 is 0. The predicted octanol–water partition coefficient (Wildman–Crippen LogP) is 3.09. The van der Waals surface area contributed by atoms with Crippen molar-refractivity contribution >= 4 is 0 Å². The van der Waals surface area contributed by atoms with Gasteiger partial charge in [0.05, 0.1) is 6.61 Å². The van der Waals surface area contributed by atoms with Crippen LogP contribution in [-0.4, -0.2) is 26.4 Å². The van der Waals surface area contributed by atoms with Crippen molar-refractivity contribution in [2.45, 2.75) is 44.9 Å². The van der Waals surface area contributed by atoms with Gasteiger partial charge in [0.2, 0.25) is 0 Å². The highest BCUT2D eigenvalue weighted by atomic mass is 16.5. The Balaban J connectivity index is 1.90. The fourth-order valence-electron chi connectivity index (χ4n) is 3.20. The van der Waals surface area contributed by atoms with Gasteiger partial charge in [-0.2, -0.15) is 0 Å². The minimum Gasteiger partial charge on any atom is -0.381 e. The standard InChI is InChI=1S/C17H24O2/c1-4-14-12-16-6-3-10-19-11-7-17(16)13-15(14)5-2-9-18-8-1/h12-13H,1-11H2. The van der Waals surface area contributed by atoms with Crippen LogP contribution in [0.4, 0.5) is 0 Å². The van der Waals surface area contributed by atoms with Crippen molar-refractivity contribution in [2.24, 2.45) is 0 Å². The van der Waals surface area contributed by atoms with Gasteiger partial charge in [-0.15, -0.1) is 0 Å². The molecule has 0 amide bonds. The molecule has 0 atom stereocenters. The molecule has 2 nitrogen and oxygen atoms in total. The first-order valence-corrected chi connectivity index (χ1v) is 7.72. The summed E-state index contributed by atoms with van der Waals surface area (Å²) in [5.41, 5.74) is 6.23. The van der Waals surface area contributed by atoms with Crippen LogP contribution in [-0.2, 0) is 35.2 Å². The molecule has 0 N–H and O–H groups in total. The number of benzene rings is 1. The SMILES string of the molecule is c1c2c(cc3c1CCCOCC3)CCCOCCC2. The summed E-state index contributed by atoms with van der Waals surface area (Å²) in [7, 11) is 0. The maximum Gasteiger partial charge on any atom is 0.0506 e. The topological polar surface area (TPSA) is 18.5 Å². The van der Waals surface area contributed by atoms with E-state index >= 15 is 0 Å². The molecule has 0 unspecified atom stereocenters. The van der Waals surface area contributed by atoms with Gasteiger partial charge < -0.3 is 9.47 Å². The van der Waals surface area contributed by atoms with Gasteiger partial charge >= 0.3 is 0 Å². The molecule has 0 radical (unpaired) electrons. The highest BCUT2D eigenvalue weighted by molar-refractivity contribution is 5.39. The van der Waals surface area contributed by atoms with Crippen molar-refractivity contribution < 1.29 is 9.47 Å². The molecule has 0 saturated heterocycles. The average molecular weight is 260 g/mol. The van der Waals surface area contributed by atoms with E-state index in [1.807, 2.05) is 0 Å². The second kappa shape index (κ2) is 6.53. The normalized spacial score (nSPS) is 21.1. The van der Waals surface area contributed by atoms with Gasteiger partial charge in [-0.3, -0.25) is 0 Å². The number of ether oxygens (including phenoxy) is 2. The van der Waals surface area contributed by atoms with Crippen LogP contribution in [0.15, 0.2) is 12.1 Å². The molecule has 0 bridgehead atoms. The monoisotopic (exact) mass is 260 g/mol.